The van der Waals surface area contributed by atoms with Gasteiger partial charge >= 0.3 is 27.8 Å². The van der Waals surface area contributed by atoms with Gasteiger partial charge in [-0.2, -0.15) is 58.7 Å². The third-order valence-electron chi connectivity index (χ3n) is 5.60. The molecule has 0 radical (unpaired) electrons. The van der Waals surface area contributed by atoms with Crippen molar-refractivity contribution in [3.05, 3.63) is 91.3 Å². The normalized spacial score (nSPS) is 12.6. The van der Waals surface area contributed by atoms with Gasteiger partial charge < -0.3 is 9.47 Å². The van der Waals surface area contributed by atoms with E-state index in [2.05, 4.69) is 12.1 Å². The maximum Gasteiger partial charge on any atom is 2.00 e. The van der Waals surface area contributed by atoms with Crippen LogP contribution in [0.2, 0.25) is 0 Å². The molecule has 0 saturated heterocycles. The van der Waals surface area contributed by atoms with Gasteiger partial charge in [0.25, 0.3) is 0 Å². The molecule has 2 aliphatic rings. The molecule has 7 rings (SSSR count). The van der Waals surface area contributed by atoms with E-state index in [4.69, 9.17) is 19.7 Å². The quantitative estimate of drug-likeness (QED) is 0.228. The molecule has 154 valence electrons. The van der Waals surface area contributed by atoms with Gasteiger partial charge in [-0.25, -0.2) is 0 Å². The third kappa shape index (κ3) is 2.78. The predicted octanol–water partition coefficient (Wildman–Crippen LogP) is 2.38. The van der Waals surface area contributed by atoms with Crippen LogP contribution in [0, 0.1) is 12.1 Å². The molecule has 0 N–H and O–H groups in total. The second-order valence-electron chi connectivity index (χ2n) is 7.45. The van der Waals surface area contributed by atoms with Gasteiger partial charge in [-0.1, -0.05) is 6.07 Å². The van der Waals surface area contributed by atoms with E-state index in [1.807, 2.05) is 79.1 Å². The van der Waals surface area contributed by atoms with Crippen LogP contribution in [0.25, 0.3) is 11.4 Å². The first kappa shape index (κ1) is 19.1. The van der Waals surface area contributed by atoms with Crippen LogP contribution in [0.1, 0.15) is 0 Å². The number of rotatable bonds is 2. The molecule has 32 heavy (non-hydrogen) atoms. The summed E-state index contributed by atoms with van der Waals surface area (Å²) in [6, 6.07) is 27.7. The molecule has 0 atom stereocenters. The maximum absolute atomic E-state index is 6.21. The summed E-state index contributed by atoms with van der Waals surface area (Å²) in [5.74, 6) is 2.94. The van der Waals surface area contributed by atoms with Crippen LogP contribution in [0.4, 0.5) is 0 Å². The number of hydrogen-bond donors (Lipinski definition) is 0. The first-order chi connectivity index (χ1) is 15.3. The number of aromatic nitrogens is 4. The Balaban J connectivity index is 0.00000196. The number of nitrogens with zero attached hydrogens (tertiary/aromatic N) is 4. The van der Waals surface area contributed by atoms with E-state index in [0.29, 0.717) is 11.5 Å². The van der Waals surface area contributed by atoms with Crippen molar-refractivity contribution in [2.75, 3.05) is 0 Å². The molecule has 0 saturated carbocycles. The van der Waals surface area contributed by atoms with E-state index < -0.39 is 0 Å². The van der Waals surface area contributed by atoms with Gasteiger partial charge in [0.1, 0.15) is 11.5 Å². The molecule has 4 heterocycles. The Labute approximate surface area is 198 Å². The molecule has 0 amide bonds. The van der Waals surface area contributed by atoms with Crippen molar-refractivity contribution in [2.45, 2.75) is 0 Å². The second kappa shape index (κ2) is 7.25. The summed E-state index contributed by atoms with van der Waals surface area (Å²) >= 11 is 0. The monoisotopic (exact) mass is 595 g/mol. The number of hydrogen-bond acceptors (Lipinski definition) is 4. The maximum atomic E-state index is 6.21. The summed E-state index contributed by atoms with van der Waals surface area (Å²) in [4.78, 5) is 0. The Morgan fingerprint density at radius 3 is 1.66 bits per heavy atom. The summed E-state index contributed by atoms with van der Waals surface area (Å²) in [7, 11) is 0. The smallest absolute Gasteiger partial charge is 0.455 e. The van der Waals surface area contributed by atoms with Crippen molar-refractivity contribution in [1.82, 2.24) is 19.6 Å². The van der Waals surface area contributed by atoms with Crippen LogP contribution < -0.4 is 26.1 Å². The number of para-hydroxylation sites is 2. The van der Waals surface area contributed by atoms with Crippen LogP contribution in [-0.2, 0) is 21.1 Å². The zero-order chi connectivity index (χ0) is 20.4. The van der Waals surface area contributed by atoms with E-state index in [1.54, 1.807) is 9.36 Å². The van der Waals surface area contributed by atoms with E-state index in [0.717, 1.165) is 39.5 Å². The summed E-state index contributed by atoms with van der Waals surface area (Å²) < 4.78 is 16.0. The van der Waals surface area contributed by atoms with Crippen molar-refractivity contribution < 1.29 is 30.5 Å². The zero-order valence-corrected chi connectivity index (χ0v) is 18.8. The fraction of sp³-hybridized carbons (Fsp3) is 0. The Morgan fingerprint density at radius 1 is 0.656 bits per heavy atom. The van der Waals surface area contributed by atoms with Gasteiger partial charge in [0, 0.05) is 5.46 Å². The number of benzene rings is 3. The molecule has 0 unspecified atom stereocenters. The number of fused-ring (bicyclic) bond motifs is 4. The summed E-state index contributed by atoms with van der Waals surface area (Å²) in [5.41, 5.74) is 4.27. The molecule has 2 aliphatic heterocycles. The van der Waals surface area contributed by atoms with Crippen molar-refractivity contribution in [1.29, 1.82) is 0 Å². The van der Waals surface area contributed by atoms with Crippen LogP contribution in [0.3, 0.4) is 0 Å². The van der Waals surface area contributed by atoms with Gasteiger partial charge in [-0.15, -0.1) is 12.1 Å². The Bertz CT molecular complexity index is 1340. The molecule has 3 aromatic carbocycles. The van der Waals surface area contributed by atoms with Crippen molar-refractivity contribution in [2.24, 2.45) is 0 Å². The van der Waals surface area contributed by atoms with E-state index in [1.165, 1.54) is 0 Å². The minimum atomic E-state index is -0.186. The van der Waals surface area contributed by atoms with Gasteiger partial charge in [-0.05, 0) is 23.5 Å². The first-order valence-corrected chi connectivity index (χ1v) is 9.97. The zero-order valence-electron chi connectivity index (χ0n) is 16.5. The molecule has 0 spiro atoms. The molecule has 6 nitrogen and oxygen atoms in total. The Hall–Kier alpha value is -3.57. The molecule has 0 fully saturated rings. The summed E-state index contributed by atoms with van der Waals surface area (Å²) in [6.45, 7) is -0.186. The van der Waals surface area contributed by atoms with Crippen LogP contribution in [0.5, 0.6) is 23.0 Å². The molecular formula is C24H13BN4O2Pt. The van der Waals surface area contributed by atoms with Crippen LogP contribution in [0.15, 0.2) is 79.1 Å². The fourth-order valence-corrected chi connectivity index (χ4v) is 4.23. The van der Waals surface area contributed by atoms with Crippen molar-refractivity contribution >= 4 is 23.4 Å². The van der Waals surface area contributed by atoms with E-state index in [-0.39, 0.29) is 27.8 Å². The predicted molar refractivity (Wildman–Crippen MR) is 116 cm³/mol. The molecule has 0 bridgehead atoms. The largest absolute Gasteiger partial charge is 2.00 e. The van der Waals surface area contributed by atoms with Crippen molar-refractivity contribution in [3.63, 3.8) is 0 Å². The fourth-order valence-electron chi connectivity index (χ4n) is 4.23. The number of ether oxygens (including phenoxy) is 2. The van der Waals surface area contributed by atoms with Crippen LogP contribution >= 0.6 is 0 Å². The topological polar surface area (TPSA) is 54.1 Å². The van der Waals surface area contributed by atoms with Crippen molar-refractivity contribution in [3.8, 4) is 34.4 Å². The Kier molecular flexibility index (Phi) is 4.33. The molecule has 5 aromatic rings. The standard InChI is InChI=1S/C24H13BN4O2.Pt/c1-3-8-16(9-4-1)28-14-20-23(26-28)25-22-18(30-20)12-7-13-19(22)31-21-15-29(27-24(21)25)17-10-5-2-6-11-17;/h1-8,10,12-15H;/q-2;+2. The third-order valence-corrected chi connectivity index (χ3v) is 5.60. The molecule has 2 aromatic heterocycles. The van der Waals surface area contributed by atoms with Crippen LogP contribution in [-0.4, -0.2) is 26.3 Å². The summed E-state index contributed by atoms with van der Waals surface area (Å²) in [6.07, 6.45) is 3.79. The van der Waals surface area contributed by atoms with Gasteiger partial charge in [0.15, 0.2) is 11.5 Å². The van der Waals surface area contributed by atoms with E-state index in [9.17, 15) is 0 Å². The molecular weight excluding hydrogens is 582 g/mol. The van der Waals surface area contributed by atoms with Gasteiger partial charge in [0.2, 0.25) is 0 Å². The molecule has 8 heteroatoms. The average Bonchev–Trinajstić information content (AvgIpc) is 3.44. The summed E-state index contributed by atoms with van der Waals surface area (Å²) in [5, 5.41) is 9.75. The SMILES string of the molecule is [Pt+2].[c-]1ccccc1-n1cc2c(n1)B1c3nn(-c4[c-]cccc4)cc3Oc3cccc(c31)O2. The Morgan fingerprint density at radius 2 is 1.19 bits per heavy atom. The minimum absolute atomic E-state index is 0. The minimum Gasteiger partial charge on any atom is -0.455 e. The van der Waals surface area contributed by atoms with Gasteiger partial charge in [-0.3, -0.25) is 9.36 Å². The molecule has 0 aliphatic carbocycles. The van der Waals surface area contributed by atoms with Gasteiger partial charge in [0.05, 0.1) is 23.6 Å². The second-order valence-corrected chi connectivity index (χ2v) is 7.45. The van der Waals surface area contributed by atoms with E-state index >= 15 is 0 Å². The first-order valence-electron chi connectivity index (χ1n) is 9.97. The average molecular weight is 595 g/mol.